The van der Waals surface area contributed by atoms with E-state index in [1.165, 1.54) is 104 Å². The number of nitrogens with one attached hydrogen (secondary N) is 4. The minimum Gasteiger partial charge on any atom is -0.496 e. The molecule has 4 heterocycles. The number of rotatable bonds is 31. The van der Waals surface area contributed by atoms with Crippen molar-refractivity contribution in [2.45, 2.75) is 87.5 Å². The SMILES string of the molecule is C.C.C.C.COc1cc(CBr)cc(OC)c1S(=O)(=O)Nc1noc2cccc(OC)c12.COc1cc(CCC(C)=O)cc(OC)c1S(=O)(=O)Nc1noc2cccc(OC)c12.COc1cc(CN)cc(OC)c1S(=O)(=O)Nc1noc2cccc(OC)c12.COc1cc(CN=[N+]=[N-])cc(OC)c1S(=O)(=O)Nc1noc2cccc(OC)c12.Cl. The van der Waals surface area contributed by atoms with Gasteiger partial charge in [-0.05, 0) is 138 Å². The van der Waals surface area contributed by atoms with E-state index in [0.29, 0.717) is 102 Å². The number of ether oxygens (including phenoxy) is 12. The molecule has 0 radical (unpaired) electrons. The van der Waals surface area contributed by atoms with E-state index in [2.05, 4.69) is 65.5 Å². The topological polar surface area (TPSA) is 491 Å². The lowest BCUT2D eigenvalue weighted by molar-refractivity contribution is -0.117. The van der Waals surface area contributed by atoms with Gasteiger partial charge in [0.1, 0.15) is 96.3 Å². The van der Waals surface area contributed by atoms with Crippen molar-refractivity contribution < 1.29 is 113 Å². The van der Waals surface area contributed by atoms with Gasteiger partial charge in [-0.2, -0.15) is 0 Å². The Balaban J connectivity index is 0.000000327. The van der Waals surface area contributed by atoms with Gasteiger partial charge in [0.05, 0.1) is 91.9 Å². The molecule has 0 atom stereocenters. The third-order valence-electron chi connectivity index (χ3n) is 16.3. The van der Waals surface area contributed by atoms with Crippen molar-refractivity contribution in [1.82, 2.24) is 20.6 Å². The van der Waals surface area contributed by atoms with Gasteiger partial charge in [-0.1, -0.05) is 95.6 Å². The number of Topliss-reactive ketones (excluding diaryl/α,β-unsaturated/α-hetero) is 1. The molecular weight excluding hydrogens is 1710 g/mol. The van der Waals surface area contributed by atoms with E-state index in [-0.39, 0.29) is 150 Å². The third kappa shape index (κ3) is 21.8. The summed E-state index contributed by atoms with van der Waals surface area (Å²) in [5.41, 5.74) is 18.3. The van der Waals surface area contributed by atoms with Crippen LogP contribution in [0.3, 0.4) is 0 Å². The quantitative estimate of drug-likeness (QED) is 0.0117. The van der Waals surface area contributed by atoms with Crippen molar-refractivity contribution in [3.05, 3.63) is 154 Å². The first kappa shape index (κ1) is 98.3. The predicted molar refractivity (Wildman–Crippen MR) is 450 cm³/mol. The number of nitrogens with zero attached hydrogens (tertiary/aromatic N) is 7. The van der Waals surface area contributed by atoms with E-state index in [1.54, 1.807) is 109 Å². The Bertz CT molecular complexity index is 5730. The van der Waals surface area contributed by atoms with Crippen LogP contribution in [0.4, 0.5) is 23.3 Å². The summed E-state index contributed by atoms with van der Waals surface area (Å²) < 4.78 is 199. The minimum absolute atomic E-state index is 0. The van der Waals surface area contributed by atoms with Crippen molar-refractivity contribution in [1.29, 1.82) is 0 Å². The summed E-state index contributed by atoms with van der Waals surface area (Å²) in [6, 6.07) is 32.5. The van der Waals surface area contributed by atoms with Crippen LogP contribution in [0.5, 0.6) is 69.0 Å². The van der Waals surface area contributed by atoms with E-state index in [0.717, 1.165) is 5.56 Å². The van der Waals surface area contributed by atoms with Crippen LogP contribution in [0.15, 0.2) is 164 Å². The number of hydrogen-bond acceptors (Lipinski definition) is 31. The monoisotopic (exact) mass is 1800 g/mol. The zero-order valence-electron chi connectivity index (χ0n) is 62.9. The Morgan fingerprint density at radius 3 is 0.839 bits per heavy atom. The van der Waals surface area contributed by atoms with Crippen LogP contribution < -0.4 is 81.5 Å². The standard InChI is InChI=1S/C20H22N2O7S.C17H17BrN2O6S.C17H17N5O6S.C17H19N3O6S.4CH4.ClH/c1-12(23)8-9-13-10-16(27-3)19(17(11-13)28-4)30(24,25)22-20-18-14(26-2)6-5-7-15(18)29-21-20;1-23-11-5-4-6-12-15(11)17(19-26-12)20-27(21,22)16-13(24-2)7-10(9-18)8-14(16)25-3;1-25-11-5-4-6-12-15(11)17(20-28-12)21-29(23,24)16-13(26-2)7-10(9-19-22-18)8-14(16)27-3;1-23-11-5-4-6-12-15(11)17(19-26-12)20-27(21,22)16-13(24-2)7-10(9-18)8-14(16)25-3;;;;;/h5-7,10-11H,8-9H2,1-4H3,(H,21,22);4-8H,9H2,1-3H3,(H,19,20);4-8H,9H2,1-3H3,(H,20,21);4-8H,9,18H2,1-3H3,(H,19,20);4*1H4;1H. The maximum atomic E-state index is 13.2. The highest BCUT2D eigenvalue weighted by Gasteiger charge is 2.34. The molecule has 118 heavy (non-hydrogen) atoms. The zero-order valence-corrected chi connectivity index (χ0v) is 68.6. The van der Waals surface area contributed by atoms with Crippen LogP contribution in [0.1, 0.15) is 65.3 Å². The summed E-state index contributed by atoms with van der Waals surface area (Å²) in [6.45, 7) is 1.70. The van der Waals surface area contributed by atoms with E-state index >= 15 is 0 Å². The highest BCUT2D eigenvalue weighted by Crippen LogP contribution is 2.44. The molecule has 12 aromatic rings. The van der Waals surface area contributed by atoms with Crippen LogP contribution in [0.2, 0.25) is 0 Å². The highest BCUT2D eigenvalue weighted by molar-refractivity contribution is 9.08. The fourth-order valence-corrected chi connectivity index (χ4v) is 16.7. The van der Waals surface area contributed by atoms with Gasteiger partial charge < -0.3 is 85.5 Å². The van der Waals surface area contributed by atoms with E-state index in [4.69, 9.17) is 86.2 Å². The van der Waals surface area contributed by atoms with Crippen LogP contribution in [-0.2, 0) is 69.7 Å². The van der Waals surface area contributed by atoms with Crippen molar-refractivity contribution in [2.75, 3.05) is 104 Å². The first-order chi connectivity index (χ1) is 54.1. The molecule has 0 fully saturated rings. The average molecular weight is 1810 g/mol. The molecule has 0 saturated carbocycles. The number of methoxy groups -OCH3 is 12. The second-order valence-electron chi connectivity index (χ2n) is 23.1. The van der Waals surface area contributed by atoms with E-state index in [9.17, 15) is 38.5 Å². The molecule has 0 amide bonds. The molecule has 8 aromatic carbocycles. The van der Waals surface area contributed by atoms with Crippen molar-refractivity contribution in [3.63, 3.8) is 0 Å². The lowest BCUT2D eigenvalue weighted by atomic mass is 10.1. The second-order valence-corrected chi connectivity index (χ2v) is 30.2. The highest BCUT2D eigenvalue weighted by atomic mass is 79.9. The van der Waals surface area contributed by atoms with Gasteiger partial charge in [0.15, 0.2) is 65.2 Å². The first-order valence-corrected chi connectivity index (χ1v) is 39.8. The largest absolute Gasteiger partial charge is 0.496 e. The van der Waals surface area contributed by atoms with E-state index in [1.807, 2.05) is 0 Å². The molecule has 43 heteroatoms. The number of hydrogen-bond donors (Lipinski definition) is 5. The molecule has 0 spiro atoms. The Hall–Kier alpha value is -12.1. The summed E-state index contributed by atoms with van der Waals surface area (Å²) in [6.07, 6.45) is 0.752. The minimum atomic E-state index is -4.20. The third-order valence-corrected chi connectivity index (χ3v) is 22.5. The number of anilines is 4. The number of benzene rings is 8. The van der Waals surface area contributed by atoms with Crippen molar-refractivity contribution in [2.24, 2.45) is 10.8 Å². The number of halogens is 2. The number of aromatic nitrogens is 4. The number of azide groups is 1. The number of carbonyl (C=O) groups is 1. The molecule has 0 aliphatic carbocycles. The average Bonchev–Trinajstić information content (AvgIpc) is 1.44. The maximum Gasteiger partial charge on any atom is 0.270 e. The van der Waals surface area contributed by atoms with Gasteiger partial charge >= 0.3 is 0 Å². The Labute approximate surface area is 696 Å². The number of carbonyl (C=O) groups excluding carboxylic acids is 1. The van der Waals surface area contributed by atoms with Gasteiger partial charge in [0.25, 0.3) is 40.1 Å². The summed E-state index contributed by atoms with van der Waals surface area (Å²) in [5.74, 6) is 2.31. The van der Waals surface area contributed by atoms with Gasteiger partial charge in [-0.3, -0.25) is 18.9 Å². The Kier molecular flexibility index (Phi) is 36.0. The van der Waals surface area contributed by atoms with Gasteiger partial charge in [-0.15, -0.1) is 12.4 Å². The number of nitrogens with two attached hydrogens (primary N) is 1. The number of ketones is 1. The lowest BCUT2D eigenvalue weighted by Gasteiger charge is -2.16. The second kappa shape index (κ2) is 43.2. The van der Waals surface area contributed by atoms with Crippen LogP contribution in [0, 0.1) is 0 Å². The fourth-order valence-electron chi connectivity index (χ4n) is 11.2. The summed E-state index contributed by atoms with van der Waals surface area (Å²) >= 11 is 3.34. The molecule has 4 aromatic heterocycles. The van der Waals surface area contributed by atoms with Crippen LogP contribution in [0.25, 0.3) is 54.3 Å². The fraction of sp³-hybridized carbons (Fsp3) is 0.293. The molecule has 6 N–H and O–H groups in total. The molecule has 0 unspecified atom stereocenters. The summed E-state index contributed by atoms with van der Waals surface area (Å²) in [7, 11) is 0.110. The molecule has 0 aliphatic rings. The normalized spacial score (nSPS) is 10.8. The molecule has 0 bridgehead atoms. The number of fused-ring (bicyclic) bond motifs is 4. The summed E-state index contributed by atoms with van der Waals surface area (Å²) in [4.78, 5) is 13.3. The molecule has 0 aliphatic heterocycles. The number of aryl methyl sites for hydroxylation is 1. The first-order valence-electron chi connectivity index (χ1n) is 32.7. The summed E-state index contributed by atoms with van der Waals surface area (Å²) in [5, 5.41) is 20.8. The van der Waals surface area contributed by atoms with Gasteiger partial charge in [0, 0.05) is 23.2 Å². The Morgan fingerprint density at radius 1 is 0.398 bits per heavy atom. The Morgan fingerprint density at radius 2 is 0.627 bits per heavy atom. The maximum absolute atomic E-state index is 13.2. The predicted octanol–water partition coefficient (Wildman–Crippen LogP) is 15.3. The molecular formula is C75H92BrClN12O25S4. The zero-order chi connectivity index (χ0) is 82.1. The number of alkyl halides is 1. The van der Waals surface area contributed by atoms with Crippen molar-refractivity contribution >= 4 is 141 Å². The van der Waals surface area contributed by atoms with Crippen LogP contribution in [-0.4, -0.2) is 145 Å². The number of sulfonamides is 4. The lowest BCUT2D eigenvalue weighted by Crippen LogP contribution is -2.16. The van der Waals surface area contributed by atoms with Crippen LogP contribution >= 0.6 is 28.3 Å². The molecule has 12 rings (SSSR count). The van der Waals surface area contributed by atoms with Crippen molar-refractivity contribution in [3.8, 4) is 69.0 Å². The molecule has 640 valence electrons. The van der Waals surface area contributed by atoms with E-state index < -0.39 is 40.1 Å². The van der Waals surface area contributed by atoms with Gasteiger partial charge in [0.2, 0.25) is 0 Å². The molecule has 37 nitrogen and oxygen atoms in total. The van der Waals surface area contributed by atoms with Gasteiger partial charge in [-0.25, -0.2) is 33.7 Å². The molecule has 0 saturated heterocycles. The smallest absolute Gasteiger partial charge is 0.270 e.